The first-order chi connectivity index (χ1) is 13.0. The number of carbonyl (C=O) groups excluding carboxylic acids is 2. The number of urea groups is 1. The molecule has 0 saturated heterocycles. The van der Waals surface area contributed by atoms with E-state index >= 15 is 0 Å². The fraction of sp³-hybridized carbons (Fsp3) is 0.400. The van der Waals surface area contributed by atoms with Crippen LogP contribution in [-0.4, -0.2) is 18.6 Å². The third-order valence-corrected chi connectivity index (χ3v) is 6.18. The highest BCUT2D eigenvalue weighted by Crippen LogP contribution is 2.40. The van der Waals surface area contributed by atoms with Crippen molar-refractivity contribution in [3.63, 3.8) is 0 Å². The van der Waals surface area contributed by atoms with E-state index in [1.807, 2.05) is 0 Å². The van der Waals surface area contributed by atoms with Gasteiger partial charge in [-0.05, 0) is 61.9 Å². The lowest BCUT2D eigenvalue weighted by atomic mass is 9.86. The summed E-state index contributed by atoms with van der Waals surface area (Å²) in [4.78, 5) is 26.1. The van der Waals surface area contributed by atoms with Gasteiger partial charge in [0.15, 0.2) is 0 Å². The number of amides is 2. The number of fused-ring (bicyclic) bond motifs is 1. The Morgan fingerprint density at radius 3 is 2.63 bits per heavy atom. The number of rotatable bonds is 5. The monoisotopic (exact) mass is 406 g/mol. The second kappa shape index (κ2) is 8.76. The summed E-state index contributed by atoms with van der Waals surface area (Å²) in [6, 6.07) is 6.46. The summed E-state index contributed by atoms with van der Waals surface area (Å²) in [5, 5.41) is 6.76. The summed E-state index contributed by atoms with van der Waals surface area (Å²) >= 11 is 7.35. The molecule has 0 bridgehead atoms. The zero-order chi connectivity index (χ0) is 19.4. The topological polar surface area (TPSA) is 67.4 Å². The normalized spacial score (nSPS) is 15.7. The van der Waals surface area contributed by atoms with Crippen LogP contribution in [0.5, 0.6) is 0 Å². The number of benzene rings is 1. The quantitative estimate of drug-likeness (QED) is 0.622. The number of hydrogen-bond donors (Lipinski definition) is 2. The molecule has 1 aromatic heterocycles. The molecule has 1 atom stereocenters. The van der Waals surface area contributed by atoms with Crippen molar-refractivity contribution in [1.29, 1.82) is 0 Å². The van der Waals surface area contributed by atoms with Crippen molar-refractivity contribution in [2.45, 2.75) is 39.5 Å². The molecular formula is C20H23ClN2O3S. The summed E-state index contributed by atoms with van der Waals surface area (Å²) in [6.07, 6.45) is 3.97. The molecule has 144 valence electrons. The number of anilines is 2. The third kappa shape index (κ3) is 4.62. The van der Waals surface area contributed by atoms with Crippen molar-refractivity contribution in [2.75, 3.05) is 17.2 Å². The second-order valence-electron chi connectivity index (χ2n) is 6.53. The number of halogens is 1. The molecule has 27 heavy (non-hydrogen) atoms. The molecule has 1 heterocycles. The maximum Gasteiger partial charge on any atom is 0.341 e. The van der Waals surface area contributed by atoms with Crippen LogP contribution in [-0.2, 0) is 17.6 Å². The lowest BCUT2D eigenvalue weighted by Crippen LogP contribution is -2.21. The molecule has 1 aliphatic carbocycles. The number of hydrogen-bond acceptors (Lipinski definition) is 4. The highest BCUT2D eigenvalue weighted by Gasteiger charge is 2.29. The molecule has 1 aromatic carbocycles. The van der Waals surface area contributed by atoms with Gasteiger partial charge < -0.3 is 10.1 Å². The summed E-state index contributed by atoms with van der Waals surface area (Å²) < 4.78 is 5.24. The molecule has 5 nitrogen and oxygen atoms in total. The fourth-order valence-corrected chi connectivity index (χ4v) is 4.78. The van der Waals surface area contributed by atoms with Crippen LogP contribution in [0.4, 0.5) is 15.5 Å². The van der Waals surface area contributed by atoms with Crippen LogP contribution < -0.4 is 10.6 Å². The van der Waals surface area contributed by atoms with Gasteiger partial charge in [0.25, 0.3) is 0 Å². The van der Waals surface area contributed by atoms with Gasteiger partial charge in [0.1, 0.15) is 5.00 Å². The number of nitrogens with one attached hydrogen (secondary N) is 2. The molecule has 7 heteroatoms. The molecule has 0 fully saturated rings. The molecule has 0 aliphatic heterocycles. The van der Waals surface area contributed by atoms with Crippen LogP contribution in [0.25, 0.3) is 0 Å². The minimum Gasteiger partial charge on any atom is -0.462 e. The minimum absolute atomic E-state index is 0.303. The molecule has 3 rings (SSSR count). The number of thiophene rings is 1. The fourth-order valence-electron chi connectivity index (χ4n) is 3.31. The Morgan fingerprint density at radius 2 is 1.96 bits per heavy atom. The Hall–Kier alpha value is -2.05. The van der Waals surface area contributed by atoms with Crippen molar-refractivity contribution in [1.82, 2.24) is 0 Å². The molecule has 0 saturated carbocycles. The lowest BCUT2D eigenvalue weighted by Gasteiger charge is -2.20. The summed E-state index contributed by atoms with van der Waals surface area (Å²) in [5.74, 6) is 0.258. The maximum absolute atomic E-state index is 12.5. The SMILES string of the molecule is CCOC(=O)c1c(NC(=O)Nc2ccc(Cl)cc2)sc2c1CCC(CC)C2. The van der Waals surface area contributed by atoms with Gasteiger partial charge in [0.05, 0.1) is 12.2 Å². The predicted octanol–water partition coefficient (Wildman–Crippen LogP) is 5.74. The van der Waals surface area contributed by atoms with Crippen molar-refractivity contribution in [3.8, 4) is 0 Å². The van der Waals surface area contributed by atoms with Crippen LogP contribution >= 0.6 is 22.9 Å². The zero-order valence-electron chi connectivity index (χ0n) is 15.4. The molecule has 1 unspecified atom stereocenters. The average Bonchev–Trinajstić information content (AvgIpc) is 3.00. The average molecular weight is 407 g/mol. The predicted molar refractivity (Wildman–Crippen MR) is 110 cm³/mol. The van der Waals surface area contributed by atoms with Gasteiger partial charge in [0.2, 0.25) is 0 Å². The molecule has 0 spiro atoms. The largest absolute Gasteiger partial charge is 0.462 e. The standard InChI is InChI=1S/C20H23ClN2O3S/c1-3-12-5-10-15-16(11-12)27-18(17(15)19(24)26-4-2)23-20(25)22-14-8-6-13(21)7-9-14/h6-9,12H,3-5,10-11H2,1-2H3,(H2,22,23,25). The van der Waals surface area contributed by atoms with E-state index in [4.69, 9.17) is 16.3 Å². The number of ether oxygens (including phenoxy) is 1. The van der Waals surface area contributed by atoms with Gasteiger partial charge in [-0.25, -0.2) is 9.59 Å². The molecular weight excluding hydrogens is 384 g/mol. The van der Waals surface area contributed by atoms with Gasteiger partial charge in [-0.15, -0.1) is 11.3 Å². The van der Waals surface area contributed by atoms with Crippen molar-refractivity contribution < 1.29 is 14.3 Å². The van der Waals surface area contributed by atoms with Crippen LogP contribution in [0.3, 0.4) is 0 Å². The van der Waals surface area contributed by atoms with E-state index in [-0.39, 0.29) is 5.97 Å². The van der Waals surface area contributed by atoms with Crippen molar-refractivity contribution in [3.05, 3.63) is 45.3 Å². The van der Waals surface area contributed by atoms with Crippen LogP contribution in [0.1, 0.15) is 47.5 Å². The highest BCUT2D eigenvalue weighted by atomic mass is 35.5. The van der Waals surface area contributed by atoms with E-state index in [2.05, 4.69) is 17.6 Å². The Labute approximate surface area is 168 Å². The van der Waals surface area contributed by atoms with E-state index in [0.29, 0.717) is 33.8 Å². The lowest BCUT2D eigenvalue weighted by molar-refractivity contribution is 0.0526. The first-order valence-electron chi connectivity index (χ1n) is 9.17. The van der Waals surface area contributed by atoms with Gasteiger partial charge >= 0.3 is 12.0 Å². The van der Waals surface area contributed by atoms with Crippen molar-refractivity contribution >= 4 is 45.6 Å². The van der Waals surface area contributed by atoms with E-state index in [1.54, 1.807) is 31.2 Å². The molecule has 2 amide bonds. The Morgan fingerprint density at radius 1 is 1.22 bits per heavy atom. The number of carbonyl (C=O) groups is 2. The summed E-state index contributed by atoms with van der Waals surface area (Å²) in [7, 11) is 0. The van der Waals surface area contributed by atoms with Gasteiger partial charge in [0, 0.05) is 15.6 Å². The molecule has 1 aliphatic rings. The third-order valence-electron chi connectivity index (χ3n) is 4.75. The van der Waals surface area contributed by atoms with Gasteiger partial charge in [-0.2, -0.15) is 0 Å². The van der Waals surface area contributed by atoms with Crippen LogP contribution in [0.2, 0.25) is 5.02 Å². The van der Waals surface area contributed by atoms with Gasteiger partial charge in [-0.3, -0.25) is 5.32 Å². The molecule has 2 aromatic rings. The molecule has 0 radical (unpaired) electrons. The first-order valence-corrected chi connectivity index (χ1v) is 10.4. The summed E-state index contributed by atoms with van der Waals surface area (Å²) in [5.41, 5.74) is 2.17. The van der Waals surface area contributed by atoms with E-state index < -0.39 is 6.03 Å². The Bertz CT molecular complexity index is 832. The number of esters is 1. The highest BCUT2D eigenvalue weighted by molar-refractivity contribution is 7.17. The molecule has 2 N–H and O–H groups in total. The first kappa shape index (κ1) is 19.7. The summed E-state index contributed by atoms with van der Waals surface area (Å²) in [6.45, 7) is 4.27. The van der Waals surface area contributed by atoms with Gasteiger partial charge in [-0.1, -0.05) is 24.9 Å². The zero-order valence-corrected chi connectivity index (χ0v) is 17.0. The Balaban J connectivity index is 1.82. The van der Waals surface area contributed by atoms with E-state index in [1.165, 1.54) is 16.2 Å². The minimum atomic E-state index is -0.395. The second-order valence-corrected chi connectivity index (χ2v) is 8.07. The maximum atomic E-state index is 12.5. The van der Waals surface area contributed by atoms with Crippen LogP contribution in [0.15, 0.2) is 24.3 Å². The van der Waals surface area contributed by atoms with Crippen LogP contribution in [0, 0.1) is 5.92 Å². The van der Waals surface area contributed by atoms with Crippen molar-refractivity contribution in [2.24, 2.45) is 5.92 Å². The van der Waals surface area contributed by atoms with E-state index in [9.17, 15) is 9.59 Å². The van der Waals surface area contributed by atoms with E-state index in [0.717, 1.165) is 31.2 Å². The Kier molecular flexibility index (Phi) is 6.39. The smallest absolute Gasteiger partial charge is 0.341 e.